The number of carbonyl (C=O) groups is 1. The van der Waals surface area contributed by atoms with Crippen LogP contribution in [-0.2, 0) is 4.79 Å². The molecule has 0 aliphatic rings. The van der Waals surface area contributed by atoms with E-state index in [0.29, 0.717) is 16.7 Å². The van der Waals surface area contributed by atoms with E-state index in [1.165, 1.54) is 6.08 Å². The van der Waals surface area contributed by atoms with Crippen molar-refractivity contribution in [3.63, 3.8) is 0 Å². The molecule has 0 saturated heterocycles. The van der Waals surface area contributed by atoms with Gasteiger partial charge in [-0.05, 0) is 61.9 Å². The number of carbonyl (C=O) groups excluding carboxylic acids is 1. The van der Waals surface area contributed by atoms with E-state index in [2.05, 4.69) is 20.6 Å². The summed E-state index contributed by atoms with van der Waals surface area (Å²) in [7, 11) is 0. The van der Waals surface area contributed by atoms with E-state index in [4.69, 9.17) is 11.6 Å². The second kappa shape index (κ2) is 8.47. The van der Waals surface area contributed by atoms with Crippen LogP contribution in [0, 0.1) is 13.8 Å². The molecular weight excluding hydrogens is 360 g/mol. The van der Waals surface area contributed by atoms with Crippen LogP contribution in [0.2, 0.25) is 5.02 Å². The zero-order valence-electron chi connectivity index (χ0n) is 15.0. The summed E-state index contributed by atoms with van der Waals surface area (Å²) in [4.78, 5) is 20.9. The van der Waals surface area contributed by atoms with Gasteiger partial charge in [0.25, 0.3) is 0 Å². The van der Waals surface area contributed by atoms with Crippen LogP contribution in [0.15, 0.2) is 60.7 Å². The van der Waals surface area contributed by atoms with Gasteiger partial charge in [-0.25, -0.2) is 9.97 Å². The minimum atomic E-state index is -0.218. The average molecular weight is 379 g/mol. The third kappa shape index (κ3) is 5.66. The second-order valence-corrected chi connectivity index (χ2v) is 6.49. The molecule has 0 fully saturated rings. The largest absolute Gasteiger partial charge is 0.324 e. The molecule has 1 aromatic heterocycles. The van der Waals surface area contributed by atoms with Crippen LogP contribution in [-0.4, -0.2) is 15.9 Å². The van der Waals surface area contributed by atoms with Gasteiger partial charge in [0.05, 0.1) is 0 Å². The van der Waals surface area contributed by atoms with Crippen molar-refractivity contribution >= 4 is 40.9 Å². The third-order valence-electron chi connectivity index (χ3n) is 3.67. The van der Waals surface area contributed by atoms with Crippen molar-refractivity contribution in [3.05, 3.63) is 82.6 Å². The van der Waals surface area contributed by atoms with Crippen LogP contribution in [0.3, 0.4) is 0 Å². The number of rotatable bonds is 5. The number of nitrogens with zero attached hydrogens (tertiary/aromatic N) is 2. The summed E-state index contributed by atoms with van der Waals surface area (Å²) in [5.74, 6) is 0.309. The standard InChI is InChI=1S/C21H19ClN4O/c1-14-12-15(2)24-21(23-14)26-19-5-3-4-18(13-19)25-20(27)11-8-16-6-9-17(22)10-7-16/h3-13H,1-2H3,(H,25,27)(H,23,24,26)/b11-8+. The summed E-state index contributed by atoms with van der Waals surface area (Å²) in [5.41, 5.74) is 4.15. The van der Waals surface area contributed by atoms with Crippen molar-refractivity contribution in [1.29, 1.82) is 0 Å². The lowest BCUT2D eigenvalue weighted by molar-refractivity contribution is -0.111. The number of amides is 1. The predicted molar refractivity (Wildman–Crippen MR) is 110 cm³/mol. The Kier molecular flexibility index (Phi) is 5.84. The Morgan fingerprint density at radius 3 is 2.33 bits per heavy atom. The lowest BCUT2D eigenvalue weighted by Crippen LogP contribution is -2.08. The molecule has 1 heterocycles. The van der Waals surface area contributed by atoms with Crippen molar-refractivity contribution in [2.75, 3.05) is 10.6 Å². The summed E-state index contributed by atoms with van der Waals surface area (Å²) >= 11 is 5.85. The number of anilines is 3. The first-order valence-electron chi connectivity index (χ1n) is 8.42. The first-order valence-corrected chi connectivity index (χ1v) is 8.80. The molecule has 0 spiro atoms. The summed E-state index contributed by atoms with van der Waals surface area (Å²) in [6, 6.07) is 16.6. The van der Waals surface area contributed by atoms with Crippen LogP contribution < -0.4 is 10.6 Å². The smallest absolute Gasteiger partial charge is 0.248 e. The van der Waals surface area contributed by atoms with Gasteiger partial charge in [-0.2, -0.15) is 0 Å². The Morgan fingerprint density at radius 1 is 0.963 bits per heavy atom. The normalized spacial score (nSPS) is 10.8. The Hall–Kier alpha value is -3.18. The minimum Gasteiger partial charge on any atom is -0.324 e. The number of hydrogen-bond donors (Lipinski definition) is 2. The fourth-order valence-electron chi connectivity index (χ4n) is 2.52. The fourth-order valence-corrected chi connectivity index (χ4v) is 2.64. The monoisotopic (exact) mass is 378 g/mol. The average Bonchev–Trinajstić information content (AvgIpc) is 2.61. The van der Waals surface area contributed by atoms with Crippen LogP contribution in [0.4, 0.5) is 17.3 Å². The number of nitrogens with one attached hydrogen (secondary N) is 2. The van der Waals surface area contributed by atoms with Crippen LogP contribution >= 0.6 is 11.6 Å². The zero-order valence-corrected chi connectivity index (χ0v) is 15.8. The number of halogens is 1. The molecule has 0 unspecified atom stereocenters. The maximum absolute atomic E-state index is 12.1. The van der Waals surface area contributed by atoms with Crippen LogP contribution in [0.5, 0.6) is 0 Å². The van der Waals surface area contributed by atoms with Crippen molar-refractivity contribution in [2.24, 2.45) is 0 Å². The van der Waals surface area contributed by atoms with Gasteiger partial charge in [0.2, 0.25) is 11.9 Å². The predicted octanol–water partition coefficient (Wildman–Crippen LogP) is 5.14. The van der Waals surface area contributed by atoms with Gasteiger partial charge < -0.3 is 10.6 Å². The topological polar surface area (TPSA) is 66.9 Å². The van der Waals surface area contributed by atoms with E-state index in [0.717, 1.165) is 22.6 Å². The number of hydrogen-bond acceptors (Lipinski definition) is 4. The van der Waals surface area contributed by atoms with E-state index in [1.54, 1.807) is 18.2 Å². The lowest BCUT2D eigenvalue weighted by atomic mass is 10.2. The first kappa shape index (κ1) is 18.6. The molecule has 0 aliphatic heterocycles. The van der Waals surface area contributed by atoms with Gasteiger partial charge in [-0.1, -0.05) is 29.8 Å². The van der Waals surface area contributed by atoms with Gasteiger partial charge in [-0.3, -0.25) is 4.79 Å². The SMILES string of the molecule is Cc1cc(C)nc(Nc2cccc(NC(=O)/C=C/c3ccc(Cl)cc3)c2)n1. The van der Waals surface area contributed by atoms with Gasteiger partial charge in [0.15, 0.2) is 0 Å². The molecule has 0 bridgehead atoms. The molecule has 3 rings (SSSR count). The van der Waals surface area contributed by atoms with Crippen molar-refractivity contribution in [3.8, 4) is 0 Å². The number of benzene rings is 2. The van der Waals surface area contributed by atoms with Crippen molar-refractivity contribution in [2.45, 2.75) is 13.8 Å². The summed E-state index contributed by atoms with van der Waals surface area (Å²) in [6.45, 7) is 3.84. The molecule has 0 atom stereocenters. The molecule has 5 nitrogen and oxygen atoms in total. The van der Waals surface area contributed by atoms with Gasteiger partial charge in [0, 0.05) is 33.9 Å². The summed E-state index contributed by atoms with van der Waals surface area (Å²) < 4.78 is 0. The third-order valence-corrected chi connectivity index (χ3v) is 3.92. The molecule has 136 valence electrons. The molecule has 2 aromatic carbocycles. The Morgan fingerprint density at radius 2 is 1.63 bits per heavy atom. The van der Waals surface area contributed by atoms with Gasteiger partial charge >= 0.3 is 0 Å². The summed E-state index contributed by atoms with van der Waals surface area (Å²) in [6.07, 6.45) is 3.22. The maximum atomic E-state index is 12.1. The molecule has 1 amide bonds. The van der Waals surface area contributed by atoms with E-state index >= 15 is 0 Å². The molecule has 27 heavy (non-hydrogen) atoms. The first-order chi connectivity index (χ1) is 13.0. The maximum Gasteiger partial charge on any atom is 0.248 e. The van der Waals surface area contributed by atoms with Crippen LogP contribution in [0.1, 0.15) is 17.0 Å². The van der Waals surface area contributed by atoms with Crippen molar-refractivity contribution < 1.29 is 4.79 Å². The zero-order chi connectivity index (χ0) is 19.2. The molecule has 2 N–H and O–H groups in total. The fraction of sp³-hybridized carbons (Fsp3) is 0.0952. The molecular formula is C21H19ClN4O. The molecule has 3 aromatic rings. The number of aryl methyl sites for hydroxylation is 2. The van der Waals surface area contributed by atoms with Gasteiger partial charge in [0.1, 0.15) is 0 Å². The van der Waals surface area contributed by atoms with Gasteiger partial charge in [-0.15, -0.1) is 0 Å². The molecule has 0 radical (unpaired) electrons. The van der Waals surface area contributed by atoms with E-state index in [1.807, 2.05) is 56.3 Å². The number of aromatic nitrogens is 2. The highest BCUT2D eigenvalue weighted by Gasteiger charge is 2.03. The summed E-state index contributed by atoms with van der Waals surface area (Å²) in [5, 5.41) is 6.66. The second-order valence-electron chi connectivity index (χ2n) is 6.05. The minimum absolute atomic E-state index is 0.218. The highest BCUT2D eigenvalue weighted by molar-refractivity contribution is 6.30. The molecule has 0 saturated carbocycles. The molecule has 0 aliphatic carbocycles. The van der Waals surface area contributed by atoms with E-state index in [-0.39, 0.29) is 5.91 Å². The Bertz CT molecular complexity index is 963. The highest BCUT2D eigenvalue weighted by atomic mass is 35.5. The van der Waals surface area contributed by atoms with E-state index < -0.39 is 0 Å². The highest BCUT2D eigenvalue weighted by Crippen LogP contribution is 2.19. The molecule has 6 heteroatoms. The quantitative estimate of drug-likeness (QED) is 0.603. The van der Waals surface area contributed by atoms with Crippen molar-refractivity contribution in [1.82, 2.24) is 9.97 Å². The van der Waals surface area contributed by atoms with Crippen LogP contribution in [0.25, 0.3) is 6.08 Å². The van der Waals surface area contributed by atoms with E-state index in [9.17, 15) is 4.79 Å². The Labute approximate surface area is 163 Å². The Balaban J connectivity index is 1.66. The lowest BCUT2D eigenvalue weighted by Gasteiger charge is -2.08.